The molecule has 0 aromatic carbocycles. The molecule has 0 unspecified atom stereocenters. The van der Waals surface area contributed by atoms with Crippen molar-refractivity contribution < 1.29 is 0 Å². The first-order valence-electron chi connectivity index (χ1n) is 5.89. The summed E-state index contributed by atoms with van der Waals surface area (Å²) in [6.07, 6.45) is 5.48. The predicted octanol–water partition coefficient (Wildman–Crippen LogP) is 2.03. The van der Waals surface area contributed by atoms with Crippen LogP contribution in [0.2, 0.25) is 0 Å². The lowest BCUT2D eigenvalue weighted by Gasteiger charge is -2.06. The maximum atomic E-state index is 8.92. The van der Waals surface area contributed by atoms with E-state index < -0.39 is 0 Å². The van der Waals surface area contributed by atoms with Gasteiger partial charge in [0.2, 0.25) is 0 Å². The van der Waals surface area contributed by atoms with Crippen LogP contribution in [0.3, 0.4) is 0 Å². The average Bonchev–Trinajstić information content (AvgIpc) is 2.81. The highest BCUT2D eigenvalue weighted by Gasteiger charge is 2.02. The Bertz CT molecular complexity index is 553. The van der Waals surface area contributed by atoms with Crippen molar-refractivity contribution in [3.8, 4) is 6.07 Å². The molecule has 0 bridgehead atoms. The molecular weight excluding hydrogens is 226 g/mol. The van der Waals surface area contributed by atoms with Crippen LogP contribution in [0.1, 0.15) is 23.2 Å². The Hall–Kier alpha value is -2.35. The number of nitrogens with one attached hydrogen (secondary N) is 2. The number of aromatic nitrogens is 3. The van der Waals surface area contributed by atoms with Crippen LogP contribution in [0.15, 0.2) is 24.5 Å². The fourth-order valence-electron chi connectivity index (χ4n) is 1.75. The van der Waals surface area contributed by atoms with Gasteiger partial charge in [0.25, 0.3) is 0 Å². The second kappa shape index (κ2) is 5.82. The van der Waals surface area contributed by atoms with E-state index in [1.165, 1.54) is 5.56 Å². The minimum absolute atomic E-state index is 0.581. The van der Waals surface area contributed by atoms with Gasteiger partial charge < -0.3 is 5.32 Å². The SMILES string of the molecule is Cc1[nH]ncc1CCCNc1ncccc1C#N. The zero-order chi connectivity index (χ0) is 12.8. The number of H-pyrrole nitrogens is 1. The number of aryl methyl sites for hydroxylation is 2. The fourth-order valence-corrected chi connectivity index (χ4v) is 1.75. The summed E-state index contributed by atoms with van der Waals surface area (Å²) in [4.78, 5) is 4.15. The first kappa shape index (κ1) is 12.1. The summed E-state index contributed by atoms with van der Waals surface area (Å²) >= 11 is 0. The molecule has 0 aliphatic carbocycles. The third-order valence-corrected chi connectivity index (χ3v) is 2.78. The van der Waals surface area contributed by atoms with Gasteiger partial charge in [0.1, 0.15) is 11.9 Å². The quantitative estimate of drug-likeness (QED) is 0.785. The van der Waals surface area contributed by atoms with Crippen LogP contribution in [-0.2, 0) is 6.42 Å². The van der Waals surface area contributed by atoms with Gasteiger partial charge in [-0.2, -0.15) is 10.4 Å². The summed E-state index contributed by atoms with van der Waals surface area (Å²) in [5.74, 6) is 0.656. The minimum atomic E-state index is 0.581. The molecule has 2 aromatic rings. The molecule has 0 atom stereocenters. The summed E-state index contributed by atoms with van der Waals surface area (Å²) in [6.45, 7) is 2.80. The first-order chi connectivity index (χ1) is 8.81. The Morgan fingerprint density at radius 3 is 3.11 bits per heavy atom. The molecular formula is C13H15N5. The zero-order valence-corrected chi connectivity index (χ0v) is 10.3. The zero-order valence-electron chi connectivity index (χ0n) is 10.3. The maximum Gasteiger partial charge on any atom is 0.143 e. The molecule has 0 amide bonds. The second-order valence-electron chi connectivity index (χ2n) is 4.06. The van der Waals surface area contributed by atoms with E-state index in [0.717, 1.165) is 25.1 Å². The third kappa shape index (κ3) is 2.86. The fraction of sp³-hybridized carbons (Fsp3) is 0.308. The first-order valence-corrected chi connectivity index (χ1v) is 5.89. The lowest BCUT2D eigenvalue weighted by atomic mass is 10.1. The number of aromatic amines is 1. The molecule has 0 radical (unpaired) electrons. The molecule has 2 aromatic heterocycles. The van der Waals surface area contributed by atoms with E-state index in [2.05, 4.69) is 26.6 Å². The lowest BCUT2D eigenvalue weighted by Crippen LogP contribution is -2.06. The highest BCUT2D eigenvalue weighted by Crippen LogP contribution is 2.10. The van der Waals surface area contributed by atoms with Gasteiger partial charge >= 0.3 is 0 Å². The molecule has 2 rings (SSSR count). The smallest absolute Gasteiger partial charge is 0.143 e. The molecule has 0 aliphatic heterocycles. The largest absolute Gasteiger partial charge is 0.369 e. The van der Waals surface area contributed by atoms with Crippen LogP contribution >= 0.6 is 0 Å². The van der Waals surface area contributed by atoms with Gasteiger partial charge in [0, 0.05) is 18.4 Å². The van der Waals surface area contributed by atoms with E-state index >= 15 is 0 Å². The molecule has 2 heterocycles. The molecule has 18 heavy (non-hydrogen) atoms. The molecule has 0 spiro atoms. The van der Waals surface area contributed by atoms with E-state index in [4.69, 9.17) is 5.26 Å². The molecule has 2 N–H and O–H groups in total. The highest BCUT2D eigenvalue weighted by molar-refractivity contribution is 5.51. The Balaban J connectivity index is 1.82. The third-order valence-electron chi connectivity index (χ3n) is 2.78. The van der Waals surface area contributed by atoms with Crippen LogP contribution in [0.5, 0.6) is 0 Å². The van der Waals surface area contributed by atoms with Gasteiger partial charge in [-0.25, -0.2) is 4.98 Å². The van der Waals surface area contributed by atoms with Crippen molar-refractivity contribution in [2.24, 2.45) is 0 Å². The van der Waals surface area contributed by atoms with Crippen LogP contribution in [0.25, 0.3) is 0 Å². The van der Waals surface area contributed by atoms with Gasteiger partial charge in [-0.05, 0) is 37.5 Å². The Morgan fingerprint density at radius 1 is 1.50 bits per heavy atom. The van der Waals surface area contributed by atoms with Crippen LogP contribution in [0, 0.1) is 18.3 Å². The van der Waals surface area contributed by atoms with Gasteiger partial charge in [-0.3, -0.25) is 5.10 Å². The van der Waals surface area contributed by atoms with Crippen LogP contribution < -0.4 is 5.32 Å². The van der Waals surface area contributed by atoms with Crippen molar-refractivity contribution in [2.45, 2.75) is 19.8 Å². The van der Waals surface area contributed by atoms with E-state index in [1.807, 2.05) is 13.1 Å². The summed E-state index contributed by atoms with van der Waals surface area (Å²) in [6, 6.07) is 5.64. The van der Waals surface area contributed by atoms with Crippen molar-refractivity contribution in [1.82, 2.24) is 15.2 Å². The number of nitrogens with zero attached hydrogens (tertiary/aromatic N) is 3. The van der Waals surface area contributed by atoms with Crippen LogP contribution in [0.4, 0.5) is 5.82 Å². The van der Waals surface area contributed by atoms with Gasteiger partial charge in [0.15, 0.2) is 0 Å². The Labute approximate surface area is 106 Å². The van der Waals surface area contributed by atoms with E-state index in [0.29, 0.717) is 11.4 Å². The molecule has 5 nitrogen and oxygen atoms in total. The molecule has 5 heteroatoms. The minimum Gasteiger partial charge on any atom is -0.369 e. The molecule has 0 aliphatic rings. The number of anilines is 1. The number of hydrogen-bond donors (Lipinski definition) is 2. The maximum absolute atomic E-state index is 8.92. The Kier molecular flexibility index (Phi) is 3.92. The lowest BCUT2D eigenvalue weighted by molar-refractivity contribution is 0.853. The summed E-state index contributed by atoms with van der Waals surface area (Å²) < 4.78 is 0. The molecule has 0 saturated carbocycles. The summed E-state index contributed by atoms with van der Waals surface area (Å²) in [5.41, 5.74) is 2.93. The molecule has 0 fully saturated rings. The summed E-state index contributed by atoms with van der Waals surface area (Å²) in [5, 5.41) is 19.0. The normalized spacial score (nSPS) is 10.0. The van der Waals surface area contributed by atoms with Crippen molar-refractivity contribution in [2.75, 3.05) is 11.9 Å². The van der Waals surface area contributed by atoms with Crippen molar-refractivity contribution >= 4 is 5.82 Å². The topological polar surface area (TPSA) is 77.4 Å². The second-order valence-corrected chi connectivity index (χ2v) is 4.06. The average molecular weight is 241 g/mol. The van der Waals surface area contributed by atoms with Crippen LogP contribution in [-0.4, -0.2) is 21.7 Å². The number of pyridine rings is 1. The summed E-state index contributed by atoms with van der Waals surface area (Å²) in [7, 11) is 0. The monoisotopic (exact) mass is 241 g/mol. The van der Waals surface area contributed by atoms with E-state index in [1.54, 1.807) is 18.3 Å². The highest BCUT2D eigenvalue weighted by atomic mass is 15.1. The van der Waals surface area contributed by atoms with E-state index in [9.17, 15) is 0 Å². The number of hydrogen-bond acceptors (Lipinski definition) is 4. The van der Waals surface area contributed by atoms with Crippen molar-refractivity contribution in [1.29, 1.82) is 5.26 Å². The molecule has 0 saturated heterocycles. The molecule has 92 valence electrons. The van der Waals surface area contributed by atoms with E-state index in [-0.39, 0.29) is 0 Å². The van der Waals surface area contributed by atoms with Crippen molar-refractivity contribution in [3.63, 3.8) is 0 Å². The van der Waals surface area contributed by atoms with Gasteiger partial charge in [0.05, 0.1) is 11.8 Å². The van der Waals surface area contributed by atoms with Gasteiger partial charge in [-0.1, -0.05) is 0 Å². The van der Waals surface area contributed by atoms with Gasteiger partial charge in [-0.15, -0.1) is 0 Å². The Morgan fingerprint density at radius 2 is 2.39 bits per heavy atom. The standard InChI is InChI=1S/C13H15N5/c1-10-12(9-17-18-10)5-3-7-16-13-11(8-14)4-2-6-15-13/h2,4,6,9H,3,5,7H2,1H3,(H,15,16)(H,17,18). The number of nitriles is 1. The number of rotatable bonds is 5. The predicted molar refractivity (Wildman–Crippen MR) is 69.1 cm³/mol. The van der Waals surface area contributed by atoms with Crippen molar-refractivity contribution in [3.05, 3.63) is 41.3 Å².